The number of nitrogens with zero attached hydrogens (tertiary/aromatic N) is 1. The van der Waals surface area contributed by atoms with Crippen molar-refractivity contribution >= 4 is 5.78 Å². The largest absolute Gasteiger partial charge is 0.316 e. The van der Waals surface area contributed by atoms with Crippen molar-refractivity contribution in [2.75, 3.05) is 19.6 Å². The van der Waals surface area contributed by atoms with E-state index in [1.165, 1.54) is 11.1 Å². The molecule has 1 unspecified atom stereocenters. The molecule has 0 bridgehead atoms. The lowest BCUT2D eigenvalue weighted by Crippen LogP contribution is -2.38. The minimum atomic E-state index is 0.238. The van der Waals surface area contributed by atoms with E-state index in [-0.39, 0.29) is 5.92 Å². The van der Waals surface area contributed by atoms with E-state index in [0.717, 1.165) is 39.0 Å². The second kappa shape index (κ2) is 5.21. The van der Waals surface area contributed by atoms with E-state index >= 15 is 0 Å². The predicted molar refractivity (Wildman–Crippen MR) is 71.2 cm³/mol. The zero-order valence-corrected chi connectivity index (χ0v) is 10.7. The topological polar surface area (TPSA) is 32.3 Å². The molecule has 1 atom stereocenters. The molecule has 3 nitrogen and oxygen atoms in total. The van der Waals surface area contributed by atoms with Crippen LogP contribution in [0.5, 0.6) is 0 Å². The van der Waals surface area contributed by atoms with Crippen molar-refractivity contribution in [2.24, 2.45) is 5.92 Å². The minimum absolute atomic E-state index is 0.238. The molecule has 0 aromatic heterocycles. The molecule has 0 spiro atoms. The molecule has 2 aliphatic heterocycles. The van der Waals surface area contributed by atoms with Crippen LogP contribution in [0.4, 0.5) is 0 Å². The first-order valence-electron chi connectivity index (χ1n) is 6.85. The molecule has 0 radical (unpaired) electrons. The van der Waals surface area contributed by atoms with E-state index < -0.39 is 0 Å². The zero-order valence-electron chi connectivity index (χ0n) is 10.7. The first kappa shape index (κ1) is 11.9. The van der Waals surface area contributed by atoms with Crippen LogP contribution in [0.15, 0.2) is 24.3 Å². The average Bonchev–Trinajstić information content (AvgIpc) is 2.82. The molecule has 18 heavy (non-hydrogen) atoms. The molecule has 96 valence electrons. The van der Waals surface area contributed by atoms with Gasteiger partial charge >= 0.3 is 0 Å². The number of fused-ring (bicyclic) bond motifs is 1. The van der Waals surface area contributed by atoms with Gasteiger partial charge in [-0.05, 0) is 30.5 Å². The Morgan fingerprint density at radius 1 is 1.28 bits per heavy atom. The molecule has 1 fully saturated rings. The van der Waals surface area contributed by atoms with Gasteiger partial charge in [0.05, 0.1) is 6.54 Å². The SMILES string of the molecule is O=C(CN1Cc2ccccc2C1)C1CCCNC1. The van der Waals surface area contributed by atoms with Crippen LogP contribution in [0.2, 0.25) is 0 Å². The van der Waals surface area contributed by atoms with E-state index in [1.807, 2.05) is 0 Å². The normalized spacial score (nSPS) is 23.9. The quantitative estimate of drug-likeness (QED) is 0.876. The number of hydrogen-bond acceptors (Lipinski definition) is 3. The lowest BCUT2D eigenvalue weighted by Gasteiger charge is -2.23. The highest BCUT2D eigenvalue weighted by molar-refractivity contribution is 5.83. The van der Waals surface area contributed by atoms with Gasteiger partial charge in [-0.15, -0.1) is 0 Å². The number of carbonyl (C=O) groups is 1. The van der Waals surface area contributed by atoms with Gasteiger partial charge in [-0.2, -0.15) is 0 Å². The maximum atomic E-state index is 12.2. The number of carbonyl (C=O) groups excluding carboxylic acids is 1. The summed E-state index contributed by atoms with van der Waals surface area (Å²) in [5.41, 5.74) is 2.76. The van der Waals surface area contributed by atoms with Crippen LogP contribution in [0, 0.1) is 5.92 Å². The van der Waals surface area contributed by atoms with Crippen molar-refractivity contribution in [3.63, 3.8) is 0 Å². The molecule has 1 aromatic carbocycles. The summed E-state index contributed by atoms with van der Waals surface area (Å²) < 4.78 is 0. The Morgan fingerprint density at radius 2 is 2.00 bits per heavy atom. The highest BCUT2D eigenvalue weighted by Gasteiger charge is 2.25. The second-order valence-corrected chi connectivity index (χ2v) is 5.42. The van der Waals surface area contributed by atoms with Gasteiger partial charge in [-0.25, -0.2) is 0 Å². The van der Waals surface area contributed by atoms with Gasteiger partial charge in [-0.1, -0.05) is 24.3 Å². The Hall–Kier alpha value is -1.19. The summed E-state index contributed by atoms with van der Waals surface area (Å²) in [7, 11) is 0. The third-order valence-electron chi connectivity index (χ3n) is 4.04. The van der Waals surface area contributed by atoms with Crippen LogP contribution in [-0.2, 0) is 17.9 Å². The summed E-state index contributed by atoms with van der Waals surface area (Å²) >= 11 is 0. The fourth-order valence-electron chi connectivity index (χ4n) is 2.99. The highest BCUT2D eigenvalue weighted by Crippen LogP contribution is 2.22. The maximum absolute atomic E-state index is 12.2. The van der Waals surface area contributed by atoms with Crippen molar-refractivity contribution in [1.29, 1.82) is 0 Å². The molecule has 2 aliphatic rings. The number of hydrogen-bond donors (Lipinski definition) is 1. The summed E-state index contributed by atoms with van der Waals surface area (Å²) in [4.78, 5) is 14.5. The predicted octanol–water partition coefficient (Wildman–Crippen LogP) is 1.57. The number of nitrogens with one attached hydrogen (secondary N) is 1. The number of benzene rings is 1. The van der Waals surface area contributed by atoms with E-state index in [9.17, 15) is 4.79 Å². The zero-order chi connectivity index (χ0) is 12.4. The lowest BCUT2D eigenvalue weighted by atomic mass is 9.95. The Morgan fingerprint density at radius 3 is 2.61 bits per heavy atom. The molecule has 3 rings (SSSR count). The smallest absolute Gasteiger partial charge is 0.151 e. The fourth-order valence-corrected chi connectivity index (χ4v) is 2.99. The van der Waals surface area contributed by atoms with Crippen molar-refractivity contribution in [1.82, 2.24) is 10.2 Å². The average molecular weight is 244 g/mol. The molecule has 1 aromatic rings. The molecule has 2 heterocycles. The van der Waals surface area contributed by atoms with Gasteiger partial charge in [0, 0.05) is 25.6 Å². The maximum Gasteiger partial charge on any atom is 0.151 e. The number of Topliss-reactive ketones (excluding diaryl/α,β-unsaturated/α-hetero) is 1. The van der Waals surface area contributed by atoms with Crippen LogP contribution >= 0.6 is 0 Å². The number of ketones is 1. The first-order valence-corrected chi connectivity index (χ1v) is 6.85. The molecule has 1 saturated heterocycles. The van der Waals surface area contributed by atoms with Gasteiger partial charge in [0.15, 0.2) is 5.78 Å². The standard InChI is InChI=1S/C15H20N2O/c18-15(12-6-3-7-16-8-12)11-17-9-13-4-1-2-5-14(13)10-17/h1-2,4-5,12,16H,3,6-11H2. The van der Waals surface area contributed by atoms with Crippen LogP contribution in [0.3, 0.4) is 0 Å². The molecular formula is C15H20N2O. The molecular weight excluding hydrogens is 224 g/mol. The lowest BCUT2D eigenvalue weighted by molar-refractivity contribution is -0.124. The summed E-state index contributed by atoms with van der Waals surface area (Å²) in [5, 5.41) is 3.32. The summed E-state index contributed by atoms with van der Waals surface area (Å²) in [6, 6.07) is 8.49. The van der Waals surface area contributed by atoms with Gasteiger partial charge in [0.2, 0.25) is 0 Å². The fraction of sp³-hybridized carbons (Fsp3) is 0.533. The van der Waals surface area contributed by atoms with E-state index in [1.54, 1.807) is 0 Å². The van der Waals surface area contributed by atoms with Crippen molar-refractivity contribution in [2.45, 2.75) is 25.9 Å². The third kappa shape index (κ3) is 2.47. The van der Waals surface area contributed by atoms with Crippen LogP contribution < -0.4 is 5.32 Å². The van der Waals surface area contributed by atoms with Gasteiger partial charge in [0.25, 0.3) is 0 Å². The van der Waals surface area contributed by atoms with Crippen molar-refractivity contribution in [3.05, 3.63) is 35.4 Å². The summed E-state index contributed by atoms with van der Waals surface area (Å²) in [6.07, 6.45) is 2.20. The molecule has 0 amide bonds. The Bertz CT molecular complexity index is 413. The minimum Gasteiger partial charge on any atom is -0.316 e. The Balaban J connectivity index is 1.57. The first-order chi connectivity index (χ1) is 8.83. The third-order valence-corrected chi connectivity index (χ3v) is 4.04. The molecule has 3 heteroatoms. The van der Waals surface area contributed by atoms with E-state index in [4.69, 9.17) is 0 Å². The van der Waals surface area contributed by atoms with Gasteiger partial charge in [0.1, 0.15) is 0 Å². The highest BCUT2D eigenvalue weighted by atomic mass is 16.1. The summed E-state index contributed by atoms with van der Waals surface area (Å²) in [6.45, 7) is 4.42. The number of piperidine rings is 1. The monoisotopic (exact) mass is 244 g/mol. The van der Waals surface area contributed by atoms with Gasteiger partial charge < -0.3 is 5.32 Å². The molecule has 0 aliphatic carbocycles. The van der Waals surface area contributed by atoms with Crippen molar-refractivity contribution < 1.29 is 4.79 Å². The Labute approximate surface area is 108 Å². The van der Waals surface area contributed by atoms with Gasteiger partial charge in [-0.3, -0.25) is 9.69 Å². The van der Waals surface area contributed by atoms with E-state index in [2.05, 4.69) is 34.5 Å². The Kier molecular flexibility index (Phi) is 3.43. The number of rotatable bonds is 3. The molecule has 0 saturated carbocycles. The summed E-state index contributed by atoms with van der Waals surface area (Å²) in [5.74, 6) is 0.650. The van der Waals surface area contributed by atoms with Crippen LogP contribution in [-0.4, -0.2) is 30.3 Å². The van der Waals surface area contributed by atoms with Crippen LogP contribution in [0.1, 0.15) is 24.0 Å². The van der Waals surface area contributed by atoms with Crippen molar-refractivity contribution in [3.8, 4) is 0 Å². The van der Waals surface area contributed by atoms with E-state index in [0.29, 0.717) is 12.3 Å². The van der Waals surface area contributed by atoms with Crippen LogP contribution in [0.25, 0.3) is 0 Å². The molecule has 1 N–H and O–H groups in total. The second-order valence-electron chi connectivity index (χ2n) is 5.42.